The van der Waals surface area contributed by atoms with E-state index in [9.17, 15) is 23.1 Å². The number of alkyl halides is 3. The molecule has 4 rings (SSSR count). The smallest absolute Gasteiger partial charge is 0.395 e. The summed E-state index contributed by atoms with van der Waals surface area (Å²) in [5.41, 5.74) is -1.11. The number of hydrogen-bond donors (Lipinski definition) is 4. The largest absolute Gasteiger partial charge is 0.433 e. The highest BCUT2D eigenvalue weighted by Crippen LogP contribution is 2.38. The minimum Gasteiger partial charge on any atom is -0.395 e. The molecule has 12 heteroatoms. The second-order valence-corrected chi connectivity index (χ2v) is 9.95. The van der Waals surface area contributed by atoms with Crippen LogP contribution in [0, 0.1) is 5.92 Å². The van der Waals surface area contributed by atoms with Crippen molar-refractivity contribution in [2.24, 2.45) is 10.9 Å². The van der Waals surface area contributed by atoms with Crippen LogP contribution in [0.4, 0.5) is 24.8 Å². The number of aliphatic imine (C=N–C) groups is 1. The Morgan fingerprint density at radius 1 is 1.27 bits per heavy atom. The summed E-state index contributed by atoms with van der Waals surface area (Å²) in [5, 5.41) is 22.4. The molecule has 0 radical (unpaired) electrons. The first-order chi connectivity index (χ1) is 17.4. The van der Waals surface area contributed by atoms with E-state index in [-0.39, 0.29) is 30.2 Å². The summed E-state index contributed by atoms with van der Waals surface area (Å²) in [7, 11) is 0. The van der Waals surface area contributed by atoms with E-state index in [4.69, 9.17) is 0 Å². The van der Waals surface area contributed by atoms with Crippen LogP contribution < -0.4 is 16.2 Å². The second-order valence-electron chi connectivity index (χ2n) is 9.95. The zero-order chi connectivity index (χ0) is 27.0. The Kier molecular flexibility index (Phi) is 7.13. The van der Waals surface area contributed by atoms with Gasteiger partial charge in [-0.3, -0.25) is 14.9 Å². The average molecular weight is 518 g/mol. The number of dihydropyridines is 1. The van der Waals surface area contributed by atoms with Crippen molar-refractivity contribution in [1.82, 2.24) is 19.7 Å². The molecule has 3 aromatic heterocycles. The monoisotopic (exact) mass is 517 g/mol. The molecule has 4 heterocycles. The van der Waals surface area contributed by atoms with Gasteiger partial charge in [-0.1, -0.05) is 6.92 Å². The zero-order valence-electron chi connectivity index (χ0n) is 21.1. The maximum atomic E-state index is 13.5. The quantitative estimate of drug-likeness (QED) is 0.388. The minimum absolute atomic E-state index is 0.000423. The summed E-state index contributed by atoms with van der Waals surface area (Å²) in [5.74, 6) is 0.894. The number of aliphatic hydroxyl groups is 1. The molecule has 198 valence electrons. The summed E-state index contributed by atoms with van der Waals surface area (Å²) in [6.45, 7) is 7.98. The fourth-order valence-corrected chi connectivity index (χ4v) is 4.29. The number of rotatable bonds is 6. The van der Waals surface area contributed by atoms with Gasteiger partial charge in [0.1, 0.15) is 23.2 Å². The van der Waals surface area contributed by atoms with Gasteiger partial charge in [-0.25, -0.2) is 4.98 Å². The molecule has 0 fully saturated rings. The van der Waals surface area contributed by atoms with Crippen molar-refractivity contribution in [3.05, 3.63) is 52.2 Å². The molecule has 0 aromatic carbocycles. The van der Waals surface area contributed by atoms with Crippen LogP contribution in [0.2, 0.25) is 0 Å². The van der Waals surface area contributed by atoms with Crippen molar-refractivity contribution in [3.8, 4) is 0 Å². The third-order valence-electron chi connectivity index (χ3n) is 5.99. The van der Waals surface area contributed by atoms with Crippen LogP contribution in [0.5, 0.6) is 0 Å². The molecule has 0 bridgehead atoms. The first-order valence-electron chi connectivity index (χ1n) is 12.0. The van der Waals surface area contributed by atoms with Crippen LogP contribution >= 0.6 is 0 Å². The van der Waals surface area contributed by atoms with E-state index in [0.717, 1.165) is 0 Å². The Bertz CT molecular complexity index is 1410. The molecule has 0 amide bonds. The Balaban J connectivity index is 1.76. The van der Waals surface area contributed by atoms with Crippen molar-refractivity contribution >= 4 is 33.8 Å². The molecule has 1 aliphatic heterocycles. The number of halogens is 3. The van der Waals surface area contributed by atoms with E-state index in [1.807, 2.05) is 27.7 Å². The third kappa shape index (κ3) is 5.68. The Morgan fingerprint density at radius 2 is 2.03 bits per heavy atom. The highest BCUT2D eigenvalue weighted by atomic mass is 19.4. The normalized spacial score (nSPS) is 16.5. The lowest BCUT2D eigenvalue weighted by Gasteiger charge is -2.24. The molecular weight excluding hydrogens is 487 g/mol. The van der Waals surface area contributed by atoms with Crippen molar-refractivity contribution in [1.29, 1.82) is 0 Å². The van der Waals surface area contributed by atoms with E-state index in [2.05, 4.69) is 30.8 Å². The molecule has 0 aliphatic carbocycles. The maximum Gasteiger partial charge on any atom is 0.433 e. The number of anilines is 2. The fourth-order valence-electron chi connectivity index (χ4n) is 4.29. The van der Waals surface area contributed by atoms with Crippen molar-refractivity contribution in [2.75, 3.05) is 23.8 Å². The van der Waals surface area contributed by atoms with Gasteiger partial charge in [-0.05, 0) is 56.4 Å². The molecular formula is C25H30F3N7O2. The molecule has 9 nitrogen and oxygen atoms in total. The lowest BCUT2D eigenvalue weighted by molar-refractivity contribution is -0.141. The SMILES string of the molecule is CCC1CN=C(Nc2cc3ccn(CCO)c(=O)c3c(NC(C)(C)C)n2)C=C1c1cn[nH]c1C(F)(F)F. The van der Waals surface area contributed by atoms with E-state index in [1.54, 1.807) is 24.4 Å². The molecule has 4 N–H and O–H groups in total. The van der Waals surface area contributed by atoms with Crippen LogP contribution in [0.3, 0.4) is 0 Å². The summed E-state index contributed by atoms with van der Waals surface area (Å²) >= 11 is 0. The van der Waals surface area contributed by atoms with E-state index >= 15 is 0 Å². The van der Waals surface area contributed by atoms with Crippen molar-refractivity contribution < 1.29 is 18.3 Å². The minimum atomic E-state index is -4.57. The third-order valence-corrected chi connectivity index (χ3v) is 5.99. The highest BCUT2D eigenvalue weighted by Gasteiger charge is 2.37. The number of aliphatic hydroxyl groups excluding tert-OH is 1. The van der Waals surface area contributed by atoms with Gasteiger partial charge in [0.15, 0.2) is 0 Å². The Hall–Kier alpha value is -3.67. The Morgan fingerprint density at radius 3 is 2.68 bits per heavy atom. The molecule has 0 saturated heterocycles. The number of hydrogen-bond acceptors (Lipinski definition) is 7. The highest BCUT2D eigenvalue weighted by molar-refractivity contribution is 6.09. The van der Waals surface area contributed by atoms with Gasteiger partial charge in [0.2, 0.25) is 0 Å². The van der Waals surface area contributed by atoms with Crippen LogP contribution in [0.15, 0.2) is 40.4 Å². The number of nitrogens with one attached hydrogen (secondary N) is 3. The van der Waals surface area contributed by atoms with Gasteiger partial charge >= 0.3 is 6.18 Å². The van der Waals surface area contributed by atoms with E-state index in [1.165, 1.54) is 10.8 Å². The zero-order valence-corrected chi connectivity index (χ0v) is 21.1. The molecule has 0 spiro atoms. The fraction of sp³-hybridized carbons (Fsp3) is 0.440. The predicted molar refractivity (Wildman–Crippen MR) is 138 cm³/mol. The summed E-state index contributed by atoms with van der Waals surface area (Å²) in [6, 6.07) is 3.44. The molecule has 1 aliphatic rings. The predicted octanol–water partition coefficient (Wildman–Crippen LogP) is 4.27. The van der Waals surface area contributed by atoms with E-state index in [0.29, 0.717) is 46.8 Å². The van der Waals surface area contributed by atoms with E-state index < -0.39 is 17.4 Å². The molecule has 1 atom stereocenters. The second kappa shape index (κ2) is 10.0. The number of nitrogens with zero attached hydrogens (tertiary/aromatic N) is 4. The maximum absolute atomic E-state index is 13.5. The number of H-pyrrole nitrogens is 1. The van der Waals surface area contributed by atoms with Crippen LogP contribution in [0.25, 0.3) is 16.3 Å². The molecule has 37 heavy (non-hydrogen) atoms. The summed E-state index contributed by atoms with van der Waals surface area (Å²) in [6.07, 6.45) is 0.435. The number of fused-ring (bicyclic) bond motifs is 1. The molecule has 3 aromatic rings. The summed E-state index contributed by atoms with van der Waals surface area (Å²) in [4.78, 5) is 22.3. The van der Waals surface area contributed by atoms with Crippen molar-refractivity contribution in [3.63, 3.8) is 0 Å². The lowest BCUT2D eigenvalue weighted by atomic mass is 9.88. The molecule has 0 saturated carbocycles. The Labute approximate surface area is 211 Å². The number of aromatic amines is 1. The van der Waals surface area contributed by atoms with Crippen LogP contribution in [-0.2, 0) is 12.7 Å². The number of amidine groups is 1. The van der Waals surface area contributed by atoms with Gasteiger partial charge in [-0.2, -0.15) is 18.3 Å². The van der Waals surface area contributed by atoms with Gasteiger partial charge in [-0.15, -0.1) is 0 Å². The standard InChI is InChI=1S/C25H30F3N7O2/c1-5-14-12-29-18(11-16(14)17-13-30-34-21(17)25(26,27)28)31-19-10-15-6-7-35(8-9-36)23(37)20(15)22(32-19)33-24(2,3)4/h6-7,10-11,13-14,36H,5,8-9,12H2,1-4H3,(H,30,34)(H2,29,31,32,33). The van der Waals surface area contributed by atoms with Gasteiger partial charge in [0.25, 0.3) is 5.56 Å². The van der Waals surface area contributed by atoms with Crippen LogP contribution in [-0.4, -0.2) is 49.4 Å². The average Bonchev–Trinajstić information content (AvgIpc) is 3.30. The summed E-state index contributed by atoms with van der Waals surface area (Å²) < 4.78 is 42.1. The van der Waals surface area contributed by atoms with Gasteiger partial charge in [0, 0.05) is 36.3 Å². The van der Waals surface area contributed by atoms with Crippen molar-refractivity contribution in [2.45, 2.75) is 52.4 Å². The van der Waals surface area contributed by atoms with Crippen LogP contribution in [0.1, 0.15) is 45.4 Å². The number of pyridine rings is 2. The lowest BCUT2D eigenvalue weighted by Crippen LogP contribution is -2.29. The molecule has 1 unspecified atom stereocenters. The van der Waals surface area contributed by atoms with Gasteiger partial charge < -0.3 is 20.3 Å². The number of aromatic nitrogens is 4. The first-order valence-corrected chi connectivity index (χ1v) is 12.0. The van der Waals surface area contributed by atoms with Gasteiger partial charge in [0.05, 0.1) is 18.2 Å². The topological polar surface area (TPSA) is 120 Å². The first kappa shape index (κ1) is 26.4.